The quantitative estimate of drug-likeness (QED) is 0.582. The summed E-state index contributed by atoms with van der Waals surface area (Å²) < 4.78 is 0. The summed E-state index contributed by atoms with van der Waals surface area (Å²) in [4.78, 5) is 0. The lowest BCUT2D eigenvalue weighted by molar-refractivity contribution is 0.179. The highest BCUT2D eigenvalue weighted by Gasteiger charge is 2.38. The molecular formula is C15H24. The van der Waals surface area contributed by atoms with E-state index in [9.17, 15) is 0 Å². The normalized spacial score (nSPS) is 32.8. The molecule has 0 saturated heterocycles. The second-order valence-electron chi connectivity index (χ2n) is 5.27. The van der Waals surface area contributed by atoms with Crippen molar-refractivity contribution < 1.29 is 0 Å². The lowest BCUT2D eigenvalue weighted by Crippen LogP contribution is -2.34. The molecule has 0 N–H and O–H groups in total. The standard InChI is InChI=1S/C15H24/c1-7-13(5)15(6)9-8-12(4)10-14(15)11(2)3/h8-9,13-14H,2,4,7,10H2,1,3,5-6H3. The molecule has 3 atom stereocenters. The van der Waals surface area contributed by atoms with Crippen LogP contribution in [-0.4, -0.2) is 0 Å². The number of rotatable bonds is 3. The summed E-state index contributed by atoms with van der Waals surface area (Å²) in [6.07, 6.45) is 6.85. The molecule has 84 valence electrons. The first-order chi connectivity index (χ1) is 6.91. The second kappa shape index (κ2) is 4.38. The van der Waals surface area contributed by atoms with Crippen LogP contribution in [0.5, 0.6) is 0 Å². The van der Waals surface area contributed by atoms with Gasteiger partial charge in [-0.25, -0.2) is 0 Å². The van der Waals surface area contributed by atoms with Gasteiger partial charge >= 0.3 is 0 Å². The van der Waals surface area contributed by atoms with Gasteiger partial charge in [-0.3, -0.25) is 0 Å². The third-order valence-electron chi connectivity index (χ3n) is 4.16. The maximum absolute atomic E-state index is 4.15. The van der Waals surface area contributed by atoms with Gasteiger partial charge in [0.15, 0.2) is 0 Å². The van der Waals surface area contributed by atoms with Gasteiger partial charge in [0.2, 0.25) is 0 Å². The van der Waals surface area contributed by atoms with Gasteiger partial charge < -0.3 is 0 Å². The predicted molar refractivity (Wildman–Crippen MR) is 68.8 cm³/mol. The summed E-state index contributed by atoms with van der Waals surface area (Å²) in [6, 6.07) is 0. The van der Waals surface area contributed by atoms with Crippen LogP contribution in [-0.2, 0) is 0 Å². The van der Waals surface area contributed by atoms with Crippen molar-refractivity contribution >= 4 is 0 Å². The number of hydrogen-bond donors (Lipinski definition) is 0. The zero-order chi connectivity index (χ0) is 11.6. The Morgan fingerprint density at radius 2 is 2.27 bits per heavy atom. The topological polar surface area (TPSA) is 0 Å². The van der Waals surface area contributed by atoms with Crippen LogP contribution in [0.4, 0.5) is 0 Å². The van der Waals surface area contributed by atoms with Crippen LogP contribution in [0.15, 0.2) is 36.5 Å². The molecule has 0 aromatic heterocycles. The molecule has 0 heteroatoms. The fraction of sp³-hybridized carbons (Fsp3) is 0.600. The molecule has 0 radical (unpaired) electrons. The first-order valence-electron chi connectivity index (χ1n) is 5.94. The van der Waals surface area contributed by atoms with Crippen LogP contribution in [0.3, 0.4) is 0 Å². The van der Waals surface area contributed by atoms with Crippen LogP contribution >= 0.6 is 0 Å². The molecule has 1 aliphatic carbocycles. The molecule has 0 aliphatic heterocycles. The average molecular weight is 204 g/mol. The van der Waals surface area contributed by atoms with Crippen LogP contribution in [0.25, 0.3) is 0 Å². The Balaban J connectivity index is 3.07. The van der Waals surface area contributed by atoms with Crippen molar-refractivity contribution in [2.45, 2.75) is 40.5 Å². The molecule has 0 amide bonds. The van der Waals surface area contributed by atoms with Crippen LogP contribution in [0, 0.1) is 17.3 Å². The molecule has 0 nitrogen and oxygen atoms in total. The number of hydrogen-bond acceptors (Lipinski definition) is 0. The van der Waals surface area contributed by atoms with Crippen molar-refractivity contribution in [1.82, 2.24) is 0 Å². The summed E-state index contributed by atoms with van der Waals surface area (Å²) in [5.74, 6) is 1.26. The molecule has 0 bridgehead atoms. The van der Waals surface area contributed by atoms with E-state index in [1.54, 1.807) is 0 Å². The Morgan fingerprint density at radius 1 is 1.67 bits per heavy atom. The van der Waals surface area contributed by atoms with E-state index < -0.39 is 0 Å². The van der Waals surface area contributed by atoms with E-state index in [2.05, 4.69) is 53.0 Å². The molecule has 0 aromatic rings. The fourth-order valence-corrected chi connectivity index (χ4v) is 2.62. The summed E-state index contributed by atoms with van der Waals surface area (Å²) in [5.41, 5.74) is 2.80. The Bertz CT molecular complexity index is 295. The zero-order valence-electron chi connectivity index (χ0n) is 10.6. The number of allylic oxidation sites excluding steroid dienone is 4. The Morgan fingerprint density at radius 3 is 2.73 bits per heavy atom. The Labute approximate surface area is 94.8 Å². The molecule has 0 spiro atoms. The van der Waals surface area contributed by atoms with Crippen molar-refractivity contribution in [3.63, 3.8) is 0 Å². The summed E-state index contributed by atoms with van der Waals surface area (Å²) in [5, 5.41) is 0. The minimum absolute atomic E-state index is 0.266. The molecular weight excluding hydrogens is 180 g/mol. The monoisotopic (exact) mass is 204 g/mol. The van der Waals surface area contributed by atoms with Crippen LogP contribution in [0.1, 0.15) is 40.5 Å². The molecule has 0 aromatic carbocycles. The summed E-state index contributed by atoms with van der Waals surface area (Å²) >= 11 is 0. The predicted octanol–water partition coefficient (Wildman–Crippen LogP) is 4.75. The van der Waals surface area contributed by atoms with Gasteiger partial charge in [0, 0.05) is 0 Å². The maximum atomic E-state index is 4.15. The highest BCUT2D eigenvalue weighted by molar-refractivity contribution is 5.28. The van der Waals surface area contributed by atoms with E-state index in [-0.39, 0.29) is 5.41 Å². The van der Waals surface area contributed by atoms with Crippen molar-refractivity contribution in [3.05, 3.63) is 36.5 Å². The van der Waals surface area contributed by atoms with Crippen molar-refractivity contribution in [2.75, 3.05) is 0 Å². The smallest absolute Gasteiger partial charge is 0.00494 e. The van der Waals surface area contributed by atoms with Gasteiger partial charge in [-0.2, -0.15) is 0 Å². The molecule has 0 heterocycles. The molecule has 0 saturated carbocycles. The SMILES string of the molecule is C=C1C=CC(C)(C(C)CC)C(C(=C)C)C1. The minimum atomic E-state index is 0.266. The van der Waals surface area contributed by atoms with E-state index in [1.807, 2.05) is 0 Å². The van der Waals surface area contributed by atoms with Gasteiger partial charge in [-0.05, 0) is 30.6 Å². The maximum Gasteiger partial charge on any atom is -0.00494 e. The van der Waals surface area contributed by atoms with Crippen molar-refractivity contribution in [3.8, 4) is 0 Å². The van der Waals surface area contributed by atoms with Crippen LogP contribution in [0.2, 0.25) is 0 Å². The van der Waals surface area contributed by atoms with E-state index in [4.69, 9.17) is 0 Å². The second-order valence-corrected chi connectivity index (χ2v) is 5.27. The Hall–Kier alpha value is -0.780. The molecule has 1 aliphatic rings. The van der Waals surface area contributed by atoms with Crippen LogP contribution < -0.4 is 0 Å². The fourth-order valence-electron chi connectivity index (χ4n) is 2.62. The highest BCUT2D eigenvalue weighted by atomic mass is 14.4. The Kier molecular flexibility index (Phi) is 3.59. The molecule has 3 unspecified atom stereocenters. The van der Waals surface area contributed by atoms with Crippen molar-refractivity contribution in [1.29, 1.82) is 0 Å². The third kappa shape index (κ3) is 2.25. The van der Waals surface area contributed by atoms with E-state index >= 15 is 0 Å². The third-order valence-corrected chi connectivity index (χ3v) is 4.16. The van der Waals surface area contributed by atoms with Crippen molar-refractivity contribution in [2.24, 2.45) is 17.3 Å². The van der Waals surface area contributed by atoms with E-state index in [1.165, 1.54) is 17.6 Å². The van der Waals surface area contributed by atoms with E-state index in [0.29, 0.717) is 11.8 Å². The van der Waals surface area contributed by atoms with Gasteiger partial charge in [-0.1, -0.05) is 63.6 Å². The van der Waals surface area contributed by atoms with Gasteiger partial charge in [0.05, 0.1) is 0 Å². The zero-order valence-corrected chi connectivity index (χ0v) is 10.6. The van der Waals surface area contributed by atoms with E-state index in [0.717, 1.165) is 6.42 Å². The largest absolute Gasteiger partial charge is 0.0998 e. The lowest BCUT2D eigenvalue weighted by Gasteiger charge is -2.43. The first kappa shape index (κ1) is 12.3. The first-order valence-corrected chi connectivity index (χ1v) is 5.94. The van der Waals surface area contributed by atoms with Gasteiger partial charge in [-0.15, -0.1) is 0 Å². The summed E-state index contributed by atoms with van der Waals surface area (Å²) in [6.45, 7) is 17.3. The highest BCUT2D eigenvalue weighted by Crippen LogP contribution is 2.47. The minimum Gasteiger partial charge on any atom is -0.0998 e. The molecule has 1 rings (SSSR count). The summed E-state index contributed by atoms with van der Waals surface area (Å²) in [7, 11) is 0. The van der Waals surface area contributed by atoms with Gasteiger partial charge in [0.1, 0.15) is 0 Å². The average Bonchev–Trinajstić information content (AvgIpc) is 2.20. The molecule has 0 fully saturated rings. The van der Waals surface area contributed by atoms with Gasteiger partial charge in [0.25, 0.3) is 0 Å². The lowest BCUT2D eigenvalue weighted by atomic mass is 9.61. The molecule has 15 heavy (non-hydrogen) atoms.